The summed E-state index contributed by atoms with van der Waals surface area (Å²) < 4.78 is 6.82. The maximum Gasteiger partial charge on any atom is 0.268 e. The van der Waals surface area contributed by atoms with E-state index < -0.39 is 6.10 Å². The summed E-state index contributed by atoms with van der Waals surface area (Å²) in [6, 6.07) is 16.8. The molecule has 2 aromatic rings. The van der Waals surface area contributed by atoms with Crippen LogP contribution in [0.5, 0.6) is 5.75 Å². The SMILES string of the molecule is NC(=O)C1CCN(C(=O)C(Oc2ccccc2Br)c2ccccc2)C1. The van der Waals surface area contributed by atoms with Gasteiger partial charge in [-0.3, -0.25) is 9.59 Å². The van der Waals surface area contributed by atoms with Crippen LogP contribution < -0.4 is 10.5 Å². The molecular formula is C19H19BrN2O3. The molecule has 1 saturated heterocycles. The second-order valence-electron chi connectivity index (χ2n) is 6.01. The highest BCUT2D eigenvalue weighted by Crippen LogP contribution is 2.31. The van der Waals surface area contributed by atoms with Gasteiger partial charge in [-0.05, 0) is 34.5 Å². The molecule has 2 aromatic carbocycles. The lowest BCUT2D eigenvalue weighted by Crippen LogP contribution is -2.37. The number of nitrogens with two attached hydrogens (primary N) is 1. The minimum atomic E-state index is -0.772. The van der Waals surface area contributed by atoms with Gasteiger partial charge in [0.1, 0.15) is 5.75 Å². The van der Waals surface area contributed by atoms with Crippen molar-refractivity contribution in [3.05, 3.63) is 64.6 Å². The molecule has 1 fully saturated rings. The average molecular weight is 403 g/mol. The smallest absolute Gasteiger partial charge is 0.268 e. The molecule has 0 aliphatic carbocycles. The summed E-state index contributed by atoms with van der Waals surface area (Å²) >= 11 is 3.45. The predicted molar refractivity (Wildman–Crippen MR) is 97.8 cm³/mol. The number of hydrogen-bond acceptors (Lipinski definition) is 3. The Morgan fingerprint density at radius 3 is 2.44 bits per heavy atom. The average Bonchev–Trinajstić information content (AvgIpc) is 3.12. The summed E-state index contributed by atoms with van der Waals surface area (Å²) in [7, 11) is 0. The monoisotopic (exact) mass is 402 g/mol. The Morgan fingerprint density at radius 1 is 1.12 bits per heavy atom. The number of carbonyl (C=O) groups is 2. The van der Waals surface area contributed by atoms with Crippen LogP contribution in [0.3, 0.4) is 0 Å². The summed E-state index contributed by atoms with van der Waals surface area (Å²) in [6.07, 6.45) is -0.177. The van der Waals surface area contributed by atoms with Crippen molar-refractivity contribution in [1.29, 1.82) is 0 Å². The number of benzene rings is 2. The lowest BCUT2D eigenvalue weighted by molar-refractivity contribution is -0.138. The van der Waals surface area contributed by atoms with Gasteiger partial charge in [-0.25, -0.2) is 0 Å². The third-order valence-corrected chi connectivity index (χ3v) is 4.97. The van der Waals surface area contributed by atoms with Crippen molar-refractivity contribution < 1.29 is 14.3 Å². The van der Waals surface area contributed by atoms with Gasteiger partial charge < -0.3 is 15.4 Å². The van der Waals surface area contributed by atoms with Crippen molar-refractivity contribution >= 4 is 27.7 Å². The van der Waals surface area contributed by atoms with Gasteiger partial charge >= 0.3 is 0 Å². The standard InChI is InChI=1S/C19H19BrN2O3/c20-15-8-4-5-9-16(15)25-17(13-6-2-1-3-7-13)19(24)22-11-10-14(12-22)18(21)23/h1-9,14,17H,10-12H2,(H2,21,23). The quantitative estimate of drug-likeness (QED) is 0.835. The number of carbonyl (C=O) groups excluding carboxylic acids is 2. The number of para-hydroxylation sites is 1. The van der Waals surface area contributed by atoms with Crippen LogP contribution >= 0.6 is 15.9 Å². The number of hydrogen-bond donors (Lipinski definition) is 1. The Hall–Kier alpha value is -2.34. The molecular weight excluding hydrogens is 384 g/mol. The van der Waals surface area contributed by atoms with E-state index in [1.807, 2.05) is 54.6 Å². The molecule has 1 aliphatic rings. The van der Waals surface area contributed by atoms with Crippen LogP contribution in [-0.2, 0) is 9.59 Å². The van der Waals surface area contributed by atoms with Crippen LogP contribution in [0.1, 0.15) is 18.1 Å². The van der Waals surface area contributed by atoms with E-state index in [1.54, 1.807) is 4.90 Å². The number of rotatable bonds is 5. The van der Waals surface area contributed by atoms with Crippen LogP contribution in [0.25, 0.3) is 0 Å². The molecule has 25 heavy (non-hydrogen) atoms. The molecule has 130 valence electrons. The molecule has 5 nitrogen and oxygen atoms in total. The number of primary amides is 1. The highest BCUT2D eigenvalue weighted by molar-refractivity contribution is 9.10. The molecule has 0 radical (unpaired) electrons. The first-order valence-electron chi connectivity index (χ1n) is 8.10. The number of amides is 2. The van der Waals surface area contributed by atoms with Crippen molar-refractivity contribution in [2.45, 2.75) is 12.5 Å². The Labute approximate surface area is 154 Å². The first-order chi connectivity index (χ1) is 12.1. The highest BCUT2D eigenvalue weighted by Gasteiger charge is 2.35. The summed E-state index contributed by atoms with van der Waals surface area (Å²) in [5.41, 5.74) is 6.15. The minimum Gasteiger partial charge on any atom is -0.475 e. The molecule has 1 heterocycles. The first-order valence-corrected chi connectivity index (χ1v) is 8.90. The third kappa shape index (κ3) is 4.02. The van der Waals surface area contributed by atoms with Gasteiger partial charge in [-0.1, -0.05) is 42.5 Å². The van der Waals surface area contributed by atoms with Gasteiger partial charge in [0.2, 0.25) is 12.0 Å². The Bertz CT molecular complexity index is 766. The van der Waals surface area contributed by atoms with Crippen LogP contribution in [0, 0.1) is 5.92 Å². The summed E-state index contributed by atoms with van der Waals surface area (Å²) in [4.78, 5) is 26.1. The lowest BCUT2D eigenvalue weighted by Gasteiger charge is -2.25. The van der Waals surface area contributed by atoms with Gasteiger partial charge in [-0.2, -0.15) is 0 Å². The first kappa shape index (κ1) is 17.5. The van der Waals surface area contributed by atoms with Crippen LogP contribution in [-0.4, -0.2) is 29.8 Å². The molecule has 0 bridgehead atoms. The molecule has 0 saturated carbocycles. The zero-order valence-corrected chi connectivity index (χ0v) is 15.2. The number of halogens is 1. The fourth-order valence-electron chi connectivity index (χ4n) is 2.91. The fourth-order valence-corrected chi connectivity index (χ4v) is 3.29. The zero-order chi connectivity index (χ0) is 17.8. The van der Waals surface area contributed by atoms with Crippen molar-refractivity contribution in [2.75, 3.05) is 13.1 Å². The molecule has 2 atom stereocenters. The normalized spacial score (nSPS) is 18.0. The summed E-state index contributed by atoms with van der Waals surface area (Å²) in [6.45, 7) is 0.853. The van der Waals surface area contributed by atoms with E-state index in [9.17, 15) is 9.59 Å². The van der Waals surface area contributed by atoms with Crippen molar-refractivity contribution in [2.24, 2.45) is 11.7 Å². The van der Waals surface area contributed by atoms with Gasteiger partial charge in [0.25, 0.3) is 5.91 Å². The maximum atomic E-state index is 13.1. The van der Waals surface area contributed by atoms with Gasteiger partial charge in [-0.15, -0.1) is 0 Å². The van der Waals surface area contributed by atoms with E-state index in [4.69, 9.17) is 10.5 Å². The van der Waals surface area contributed by atoms with Crippen LogP contribution in [0.15, 0.2) is 59.1 Å². The Kier molecular flexibility index (Phi) is 5.38. The van der Waals surface area contributed by atoms with E-state index in [1.165, 1.54) is 0 Å². The van der Waals surface area contributed by atoms with Crippen molar-refractivity contribution in [3.8, 4) is 5.75 Å². The van der Waals surface area contributed by atoms with Crippen molar-refractivity contribution in [1.82, 2.24) is 4.90 Å². The topological polar surface area (TPSA) is 72.6 Å². The second kappa shape index (κ2) is 7.70. The minimum absolute atomic E-state index is 0.161. The number of nitrogens with zero attached hydrogens (tertiary/aromatic N) is 1. The Morgan fingerprint density at radius 2 is 1.80 bits per heavy atom. The molecule has 2 amide bonds. The molecule has 2 N–H and O–H groups in total. The predicted octanol–water partition coefficient (Wildman–Crippen LogP) is 2.90. The number of ether oxygens (including phenoxy) is 1. The largest absolute Gasteiger partial charge is 0.475 e. The zero-order valence-electron chi connectivity index (χ0n) is 13.6. The van der Waals surface area contributed by atoms with E-state index in [2.05, 4.69) is 15.9 Å². The van der Waals surface area contributed by atoms with Gasteiger partial charge in [0, 0.05) is 18.7 Å². The molecule has 2 unspecified atom stereocenters. The van der Waals surface area contributed by atoms with Crippen molar-refractivity contribution in [3.63, 3.8) is 0 Å². The maximum absolute atomic E-state index is 13.1. The van der Waals surface area contributed by atoms with E-state index in [0.29, 0.717) is 25.3 Å². The number of likely N-dealkylation sites (tertiary alicyclic amines) is 1. The van der Waals surface area contributed by atoms with E-state index in [0.717, 1.165) is 10.0 Å². The van der Waals surface area contributed by atoms with E-state index >= 15 is 0 Å². The summed E-state index contributed by atoms with van der Waals surface area (Å²) in [5, 5.41) is 0. The molecule has 6 heteroatoms. The van der Waals surface area contributed by atoms with Crippen LogP contribution in [0.4, 0.5) is 0 Å². The van der Waals surface area contributed by atoms with E-state index in [-0.39, 0.29) is 17.7 Å². The van der Waals surface area contributed by atoms with Gasteiger partial charge in [0.15, 0.2) is 0 Å². The fraction of sp³-hybridized carbons (Fsp3) is 0.263. The Balaban J connectivity index is 1.85. The third-order valence-electron chi connectivity index (χ3n) is 4.31. The van der Waals surface area contributed by atoms with Crippen LogP contribution in [0.2, 0.25) is 0 Å². The molecule has 3 rings (SSSR count). The highest BCUT2D eigenvalue weighted by atomic mass is 79.9. The molecule has 0 spiro atoms. The summed E-state index contributed by atoms with van der Waals surface area (Å²) in [5.74, 6) is -0.219. The molecule has 0 aromatic heterocycles. The second-order valence-corrected chi connectivity index (χ2v) is 6.87. The lowest BCUT2D eigenvalue weighted by atomic mass is 10.1. The van der Waals surface area contributed by atoms with Gasteiger partial charge in [0.05, 0.1) is 10.4 Å². The molecule has 1 aliphatic heterocycles.